The van der Waals surface area contributed by atoms with Crippen LogP contribution >= 0.6 is 11.6 Å². The van der Waals surface area contributed by atoms with Crippen molar-refractivity contribution in [3.05, 3.63) is 64.2 Å². The van der Waals surface area contributed by atoms with Gasteiger partial charge in [0.15, 0.2) is 11.5 Å². The number of ether oxygens (including phenoxy) is 3. The first kappa shape index (κ1) is 22.5. The van der Waals surface area contributed by atoms with E-state index in [1.54, 1.807) is 24.3 Å². The summed E-state index contributed by atoms with van der Waals surface area (Å²) in [4.78, 5) is 25.3. The van der Waals surface area contributed by atoms with Gasteiger partial charge in [-0.15, -0.1) is 0 Å². The average Bonchev–Trinajstić information content (AvgIpc) is 2.75. The number of rotatable bonds is 7. The van der Waals surface area contributed by atoms with Crippen LogP contribution in [0, 0.1) is 0 Å². The summed E-state index contributed by atoms with van der Waals surface area (Å²) in [6, 6.07) is 11.2. The SMILES string of the molecule is CCOc1cc(C2NC(=O)NC(c3ccccc3)=C2C(=O)OC)cc(Cl)c1OC(C)C. The summed E-state index contributed by atoms with van der Waals surface area (Å²) >= 11 is 6.52. The maximum absolute atomic E-state index is 12.8. The van der Waals surface area contributed by atoms with Gasteiger partial charge in [-0.25, -0.2) is 9.59 Å². The van der Waals surface area contributed by atoms with E-state index in [4.69, 9.17) is 25.8 Å². The standard InChI is InChI=1S/C23H25ClN2O5/c1-5-30-17-12-15(11-16(24)21(17)31-13(2)3)20-18(22(27)29-4)19(25-23(28)26-20)14-9-7-6-8-10-14/h6-13,20H,5H2,1-4H3,(H2,25,26,28). The summed E-state index contributed by atoms with van der Waals surface area (Å²) in [6.45, 7) is 6.01. The minimum Gasteiger partial charge on any atom is -0.490 e. The molecule has 0 saturated carbocycles. The Labute approximate surface area is 186 Å². The largest absolute Gasteiger partial charge is 0.490 e. The molecule has 3 rings (SSSR count). The molecule has 0 aliphatic carbocycles. The van der Waals surface area contributed by atoms with Crippen LogP contribution in [0.4, 0.5) is 4.79 Å². The van der Waals surface area contributed by atoms with Crippen molar-refractivity contribution in [2.24, 2.45) is 0 Å². The third-order valence-corrected chi connectivity index (χ3v) is 4.84. The molecule has 0 spiro atoms. The molecule has 1 unspecified atom stereocenters. The third kappa shape index (κ3) is 4.94. The van der Waals surface area contributed by atoms with E-state index in [2.05, 4.69) is 10.6 Å². The van der Waals surface area contributed by atoms with Gasteiger partial charge in [0.25, 0.3) is 0 Å². The highest BCUT2D eigenvalue weighted by Crippen LogP contribution is 2.41. The topological polar surface area (TPSA) is 85.9 Å². The van der Waals surface area contributed by atoms with Crippen LogP contribution in [-0.4, -0.2) is 31.8 Å². The van der Waals surface area contributed by atoms with E-state index >= 15 is 0 Å². The van der Waals surface area contributed by atoms with E-state index in [0.717, 1.165) is 0 Å². The van der Waals surface area contributed by atoms with Gasteiger partial charge < -0.3 is 24.8 Å². The zero-order valence-corrected chi connectivity index (χ0v) is 18.6. The van der Waals surface area contributed by atoms with Crippen LogP contribution < -0.4 is 20.1 Å². The molecule has 1 aliphatic heterocycles. The molecule has 1 atom stereocenters. The highest BCUT2D eigenvalue weighted by Gasteiger charge is 2.35. The number of carbonyl (C=O) groups excluding carboxylic acids is 2. The minimum atomic E-state index is -0.804. The van der Waals surface area contributed by atoms with Gasteiger partial charge in [0, 0.05) is 0 Å². The molecule has 1 aliphatic rings. The smallest absolute Gasteiger partial charge is 0.338 e. The summed E-state index contributed by atoms with van der Waals surface area (Å²) in [5.41, 5.74) is 1.87. The fourth-order valence-electron chi connectivity index (χ4n) is 3.34. The first-order valence-electron chi connectivity index (χ1n) is 9.94. The lowest BCUT2D eigenvalue weighted by Gasteiger charge is -2.30. The molecule has 0 aromatic heterocycles. The Balaban J connectivity index is 2.19. The number of hydrogen-bond donors (Lipinski definition) is 2. The van der Waals surface area contributed by atoms with E-state index in [9.17, 15) is 9.59 Å². The number of nitrogens with one attached hydrogen (secondary N) is 2. The molecule has 7 nitrogen and oxygen atoms in total. The van der Waals surface area contributed by atoms with Crippen molar-refractivity contribution < 1.29 is 23.8 Å². The highest BCUT2D eigenvalue weighted by molar-refractivity contribution is 6.32. The summed E-state index contributed by atoms with van der Waals surface area (Å²) in [7, 11) is 1.30. The van der Waals surface area contributed by atoms with Crippen molar-refractivity contribution in [2.75, 3.05) is 13.7 Å². The van der Waals surface area contributed by atoms with Crippen molar-refractivity contribution in [1.29, 1.82) is 0 Å². The monoisotopic (exact) mass is 444 g/mol. The minimum absolute atomic E-state index is 0.114. The number of benzene rings is 2. The molecule has 0 bridgehead atoms. The van der Waals surface area contributed by atoms with E-state index in [1.807, 2.05) is 39.0 Å². The zero-order valence-electron chi connectivity index (χ0n) is 17.8. The Morgan fingerprint density at radius 3 is 2.52 bits per heavy atom. The zero-order chi connectivity index (χ0) is 22.5. The normalized spacial score (nSPS) is 15.9. The van der Waals surface area contributed by atoms with Crippen LogP contribution in [0.15, 0.2) is 48.0 Å². The van der Waals surface area contributed by atoms with Crippen LogP contribution in [0.3, 0.4) is 0 Å². The van der Waals surface area contributed by atoms with E-state index in [-0.39, 0.29) is 11.7 Å². The van der Waals surface area contributed by atoms with Crippen LogP contribution in [0.2, 0.25) is 5.02 Å². The molecule has 2 amide bonds. The van der Waals surface area contributed by atoms with Crippen molar-refractivity contribution in [2.45, 2.75) is 32.9 Å². The Morgan fingerprint density at radius 1 is 1.19 bits per heavy atom. The fraction of sp³-hybridized carbons (Fsp3) is 0.304. The van der Waals surface area contributed by atoms with Gasteiger partial charge in [-0.1, -0.05) is 41.9 Å². The predicted octanol–water partition coefficient (Wildman–Crippen LogP) is 4.46. The molecule has 0 radical (unpaired) electrons. The van der Waals surface area contributed by atoms with Crippen molar-refractivity contribution >= 4 is 29.3 Å². The second kappa shape index (κ2) is 9.75. The van der Waals surface area contributed by atoms with E-state index in [0.29, 0.717) is 40.0 Å². The summed E-state index contributed by atoms with van der Waals surface area (Å²) in [5.74, 6) is 0.263. The Bertz CT molecular complexity index is 1000. The van der Waals surface area contributed by atoms with Gasteiger partial charge >= 0.3 is 12.0 Å². The van der Waals surface area contributed by atoms with Crippen LogP contribution in [-0.2, 0) is 9.53 Å². The lowest BCUT2D eigenvalue weighted by Crippen LogP contribution is -2.45. The Hall–Kier alpha value is -3.19. The highest BCUT2D eigenvalue weighted by atomic mass is 35.5. The Kier molecular flexibility index (Phi) is 7.07. The van der Waals surface area contributed by atoms with Gasteiger partial charge in [-0.3, -0.25) is 0 Å². The van der Waals surface area contributed by atoms with Gasteiger partial charge in [0.1, 0.15) is 0 Å². The second-order valence-electron chi connectivity index (χ2n) is 7.11. The van der Waals surface area contributed by atoms with Gasteiger partial charge in [0.2, 0.25) is 0 Å². The molecule has 2 aromatic carbocycles. The number of halogens is 1. The number of carbonyl (C=O) groups is 2. The first-order chi connectivity index (χ1) is 14.8. The number of esters is 1. The summed E-state index contributed by atoms with van der Waals surface area (Å²) < 4.78 is 16.6. The molecular formula is C23H25ClN2O5. The second-order valence-corrected chi connectivity index (χ2v) is 7.51. The Morgan fingerprint density at radius 2 is 1.90 bits per heavy atom. The maximum Gasteiger partial charge on any atom is 0.338 e. The summed E-state index contributed by atoms with van der Waals surface area (Å²) in [5, 5.41) is 5.83. The molecule has 8 heteroatoms. The average molecular weight is 445 g/mol. The number of methoxy groups -OCH3 is 1. The lowest BCUT2D eigenvalue weighted by molar-refractivity contribution is -0.136. The molecule has 0 fully saturated rings. The van der Waals surface area contributed by atoms with E-state index in [1.165, 1.54) is 7.11 Å². The van der Waals surface area contributed by atoms with Gasteiger partial charge in [-0.05, 0) is 44.0 Å². The summed E-state index contributed by atoms with van der Waals surface area (Å²) in [6.07, 6.45) is -0.114. The van der Waals surface area contributed by atoms with Crippen LogP contribution in [0.25, 0.3) is 5.70 Å². The number of urea groups is 1. The quantitative estimate of drug-likeness (QED) is 0.615. The van der Waals surface area contributed by atoms with E-state index < -0.39 is 18.0 Å². The fourth-order valence-corrected chi connectivity index (χ4v) is 3.61. The van der Waals surface area contributed by atoms with Crippen LogP contribution in [0.1, 0.15) is 37.9 Å². The van der Waals surface area contributed by atoms with Gasteiger partial charge in [-0.2, -0.15) is 0 Å². The third-order valence-electron chi connectivity index (χ3n) is 4.56. The molecule has 0 saturated heterocycles. The first-order valence-corrected chi connectivity index (χ1v) is 10.3. The predicted molar refractivity (Wildman–Crippen MR) is 118 cm³/mol. The van der Waals surface area contributed by atoms with Crippen molar-refractivity contribution in [1.82, 2.24) is 10.6 Å². The number of amides is 2. The van der Waals surface area contributed by atoms with Crippen molar-refractivity contribution in [3.63, 3.8) is 0 Å². The van der Waals surface area contributed by atoms with Gasteiger partial charge in [0.05, 0.1) is 42.2 Å². The number of hydrogen-bond acceptors (Lipinski definition) is 5. The molecular weight excluding hydrogens is 420 g/mol. The molecule has 1 heterocycles. The maximum atomic E-state index is 12.8. The molecule has 2 aromatic rings. The molecule has 31 heavy (non-hydrogen) atoms. The molecule has 164 valence electrons. The molecule has 2 N–H and O–H groups in total. The van der Waals surface area contributed by atoms with Crippen molar-refractivity contribution in [3.8, 4) is 11.5 Å². The van der Waals surface area contributed by atoms with Crippen LogP contribution in [0.5, 0.6) is 11.5 Å². The lowest BCUT2D eigenvalue weighted by atomic mass is 9.92.